The van der Waals surface area contributed by atoms with Crippen molar-refractivity contribution in [1.29, 1.82) is 0 Å². The van der Waals surface area contributed by atoms with Gasteiger partial charge in [0.25, 0.3) is 5.91 Å². The van der Waals surface area contributed by atoms with Crippen molar-refractivity contribution in [3.63, 3.8) is 0 Å². The van der Waals surface area contributed by atoms with Crippen LogP contribution in [0.2, 0.25) is 5.02 Å². The highest BCUT2D eigenvalue weighted by atomic mass is 35.5. The lowest BCUT2D eigenvalue weighted by Gasteiger charge is -2.27. The van der Waals surface area contributed by atoms with E-state index in [1.807, 2.05) is 60.7 Å². The minimum atomic E-state index is -0.255. The van der Waals surface area contributed by atoms with Crippen molar-refractivity contribution >= 4 is 34.8 Å². The number of carbonyl (C=O) groups excluding carboxylic acids is 2. The molecular weight excluding hydrogens is 424 g/mol. The van der Waals surface area contributed by atoms with Gasteiger partial charge in [-0.25, -0.2) is 10.4 Å². The van der Waals surface area contributed by atoms with Gasteiger partial charge in [-0.1, -0.05) is 41.9 Å². The SMILES string of the molecule is O=C(NCCc1ccccc1)c1ccc2c(c1)C1NN(c3ccc(Cl)cc3)C(=O)C1CN2. The molecule has 32 heavy (non-hydrogen) atoms. The molecule has 3 aromatic carbocycles. The molecule has 3 aromatic rings. The monoisotopic (exact) mass is 446 g/mol. The Morgan fingerprint density at radius 3 is 2.62 bits per heavy atom. The smallest absolute Gasteiger partial charge is 0.251 e. The van der Waals surface area contributed by atoms with Crippen LogP contribution in [0.4, 0.5) is 11.4 Å². The lowest BCUT2D eigenvalue weighted by molar-refractivity contribution is -0.120. The molecule has 1 fully saturated rings. The van der Waals surface area contributed by atoms with Gasteiger partial charge < -0.3 is 10.6 Å². The van der Waals surface area contributed by atoms with E-state index in [1.165, 1.54) is 5.56 Å². The molecule has 6 nitrogen and oxygen atoms in total. The summed E-state index contributed by atoms with van der Waals surface area (Å²) in [6.07, 6.45) is 0.774. The minimum Gasteiger partial charge on any atom is -0.384 e. The number of hydrazine groups is 1. The van der Waals surface area contributed by atoms with Crippen LogP contribution < -0.4 is 21.1 Å². The number of hydrogen-bond acceptors (Lipinski definition) is 4. The Hall–Kier alpha value is -3.35. The van der Waals surface area contributed by atoms with E-state index >= 15 is 0 Å². The molecule has 7 heteroatoms. The van der Waals surface area contributed by atoms with E-state index in [1.54, 1.807) is 17.1 Å². The highest BCUT2D eigenvalue weighted by Crippen LogP contribution is 2.40. The van der Waals surface area contributed by atoms with Gasteiger partial charge in [0.05, 0.1) is 17.6 Å². The average Bonchev–Trinajstić information content (AvgIpc) is 3.17. The number of halogens is 1. The van der Waals surface area contributed by atoms with Crippen LogP contribution in [0.25, 0.3) is 0 Å². The quantitative estimate of drug-likeness (QED) is 0.555. The molecule has 0 spiro atoms. The van der Waals surface area contributed by atoms with Crippen LogP contribution in [0.15, 0.2) is 72.8 Å². The second-order valence-corrected chi connectivity index (χ2v) is 8.47. The summed E-state index contributed by atoms with van der Waals surface area (Å²) in [6.45, 7) is 1.10. The Morgan fingerprint density at radius 2 is 1.84 bits per heavy atom. The van der Waals surface area contributed by atoms with Crippen LogP contribution in [0.5, 0.6) is 0 Å². The summed E-state index contributed by atoms with van der Waals surface area (Å²) in [6, 6.07) is 22.6. The molecule has 0 aromatic heterocycles. The molecule has 2 amide bonds. The molecule has 5 rings (SSSR count). The van der Waals surface area contributed by atoms with Crippen LogP contribution in [-0.2, 0) is 11.2 Å². The molecule has 2 aliphatic rings. The number of anilines is 2. The molecule has 2 aliphatic heterocycles. The molecule has 2 atom stereocenters. The van der Waals surface area contributed by atoms with Gasteiger partial charge in [0.1, 0.15) is 0 Å². The molecule has 0 bridgehead atoms. The van der Waals surface area contributed by atoms with E-state index < -0.39 is 0 Å². The molecule has 162 valence electrons. The lowest BCUT2D eigenvalue weighted by Crippen LogP contribution is -2.35. The number of amides is 2. The van der Waals surface area contributed by atoms with E-state index in [9.17, 15) is 9.59 Å². The molecule has 0 saturated carbocycles. The van der Waals surface area contributed by atoms with Crippen molar-refractivity contribution in [2.75, 3.05) is 23.4 Å². The average molecular weight is 447 g/mol. The van der Waals surface area contributed by atoms with Crippen molar-refractivity contribution < 1.29 is 9.59 Å². The Bertz CT molecular complexity index is 1150. The topological polar surface area (TPSA) is 73.5 Å². The largest absolute Gasteiger partial charge is 0.384 e. The first-order valence-electron chi connectivity index (χ1n) is 10.7. The summed E-state index contributed by atoms with van der Waals surface area (Å²) in [5.41, 5.74) is 7.69. The highest BCUT2D eigenvalue weighted by Gasteiger charge is 2.44. The highest BCUT2D eigenvalue weighted by molar-refractivity contribution is 6.30. The summed E-state index contributed by atoms with van der Waals surface area (Å²) in [5.74, 6) is -0.382. The third kappa shape index (κ3) is 3.95. The van der Waals surface area contributed by atoms with Crippen molar-refractivity contribution in [2.45, 2.75) is 12.5 Å². The zero-order valence-electron chi connectivity index (χ0n) is 17.3. The molecular formula is C25H23ClN4O2. The van der Waals surface area contributed by atoms with Crippen molar-refractivity contribution in [3.8, 4) is 0 Å². The summed E-state index contributed by atoms with van der Waals surface area (Å²) < 4.78 is 0. The molecule has 3 N–H and O–H groups in total. The predicted octanol–water partition coefficient (Wildman–Crippen LogP) is 3.95. The number of fused-ring (bicyclic) bond motifs is 3. The van der Waals surface area contributed by atoms with Crippen LogP contribution in [0, 0.1) is 5.92 Å². The second-order valence-electron chi connectivity index (χ2n) is 8.04. The number of rotatable bonds is 5. The summed E-state index contributed by atoms with van der Waals surface area (Å²) >= 11 is 5.99. The Labute approximate surface area is 191 Å². The second kappa shape index (κ2) is 8.65. The fourth-order valence-corrected chi connectivity index (χ4v) is 4.42. The van der Waals surface area contributed by atoms with Gasteiger partial charge in [-0.15, -0.1) is 0 Å². The number of hydrogen-bond donors (Lipinski definition) is 3. The molecule has 0 aliphatic carbocycles. The van der Waals surface area contributed by atoms with Gasteiger partial charge in [-0.2, -0.15) is 0 Å². The van der Waals surface area contributed by atoms with Gasteiger partial charge in [-0.3, -0.25) is 9.59 Å². The maximum Gasteiger partial charge on any atom is 0.251 e. The molecule has 2 unspecified atom stereocenters. The summed E-state index contributed by atoms with van der Waals surface area (Å²) in [7, 11) is 0. The fourth-order valence-electron chi connectivity index (χ4n) is 4.29. The zero-order valence-corrected chi connectivity index (χ0v) is 18.1. The van der Waals surface area contributed by atoms with E-state index in [-0.39, 0.29) is 23.8 Å². The Balaban J connectivity index is 1.32. The van der Waals surface area contributed by atoms with Crippen molar-refractivity contribution in [3.05, 3.63) is 94.5 Å². The first-order valence-corrected chi connectivity index (χ1v) is 11.0. The molecule has 1 saturated heterocycles. The van der Waals surface area contributed by atoms with E-state index in [2.05, 4.69) is 16.1 Å². The lowest BCUT2D eigenvalue weighted by atomic mass is 9.88. The number of carbonyl (C=O) groups is 2. The van der Waals surface area contributed by atoms with Gasteiger partial charge in [0, 0.05) is 29.4 Å². The molecule has 2 heterocycles. The van der Waals surface area contributed by atoms with E-state index in [4.69, 9.17) is 11.6 Å². The van der Waals surface area contributed by atoms with Gasteiger partial charge in [0.2, 0.25) is 5.91 Å². The minimum absolute atomic E-state index is 0.00631. The van der Waals surface area contributed by atoms with Gasteiger partial charge >= 0.3 is 0 Å². The predicted molar refractivity (Wildman–Crippen MR) is 126 cm³/mol. The third-order valence-electron chi connectivity index (χ3n) is 6.00. The first-order chi connectivity index (χ1) is 15.6. The van der Waals surface area contributed by atoms with Crippen molar-refractivity contribution in [2.24, 2.45) is 5.92 Å². The Kier molecular flexibility index (Phi) is 5.55. The van der Waals surface area contributed by atoms with Gasteiger partial charge in [0.15, 0.2) is 0 Å². The standard InChI is InChI=1S/C25H23ClN4O2/c26-18-7-9-19(10-8-18)30-25(32)21-15-28-22-11-6-17(14-20(22)23(21)29-30)24(31)27-13-12-16-4-2-1-3-5-16/h1-11,14,21,23,28-29H,12-13,15H2,(H,27,31). The third-order valence-corrected chi connectivity index (χ3v) is 6.25. The maximum absolute atomic E-state index is 13.0. The summed E-state index contributed by atoms with van der Waals surface area (Å²) in [5, 5.41) is 8.53. The van der Waals surface area contributed by atoms with E-state index in [0.717, 1.165) is 23.4 Å². The normalized spacial score (nSPS) is 19.2. The molecule has 0 radical (unpaired) electrons. The maximum atomic E-state index is 13.0. The van der Waals surface area contributed by atoms with Crippen LogP contribution in [0.1, 0.15) is 27.5 Å². The number of nitrogens with one attached hydrogen (secondary N) is 3. The zero-order chi connectivity index (χ0) is 22.1. The Morgan fingerprint density at radius 1 is 1.06 bits per heavy atom. The summed E-state index contributed by atoms with van der Waals surface area (Å²) in [4.78, 5) is 25.8. The van der Waals surface area contributed by atoms with Crippen LogP contribution in [0.3, 0.4) is 0 Å². The van der Waals surface area contributed by atoms with Crippen LogP contribution in [-0.4, -0.2) is 24.9 Å². The first kappa shape index (κ1) is 20.5. The fraction of sp³-hybridized carbons (Fsp3) is 0.200. The van der Waals surface area contributed by atoms with Crippen molar-refractivity contribution in [1.82, 2.24) is 10.7 Å². The number of benzene rings is 3. The number of nitrogens with zero attached hydrogens (tertiary/aromatic N) is 1. The van der Waals surface area contributed by atoms with Crippen LogP contribution >= 0.6 is 11.6 Å². The van der Waals surface area contributed by atoms with E-state index in [0.29, 0.717) is 23.7 Å². The van der Waals surface area contributed by atoms with Gasteiger partial charge in [-0.05, 0) is 60.0 Å².